The fourth-order valence-corrected chi connectivity index (χ4v) is 8.25. The minimum absolute atomic E-state index is 0. The average Bonchev–Trinajstić information content (AvgIpc) is 3.21. The zero-order chi connectivity index (χ0) is 37.3. The van der Waals surface area contributed by atoms with E-state index in [1.807, 2.05) is 0 Å². The van der Waals surface area contributed by atoms with Gasteiger partial charge in [-0.3, -0.25) is 9.80 Å². The lowest BCUT2D eigenvalue weighted by atomic mass is 9.84. The summed E-state index contributed by atoms with van der Waals surface area (Å²) in [5.74, 6) is 0.196. The van der Waals surface area contributed by atoms with E-state index in [1.54, 1.807) is 0 Å². The third-order valence-corrected chi connectivity index (χ3v) is 11.2. The molecule has 8 nitrogen and oxygen atoms in total. The number of halogens is 6. The van der Waals surface area contributed by atoms with Crippen LogP contribution in [0, 0.1) is 0 Å². The van der Waals surface area contributed by atoms with Crippen LogP contribution in [-0.2, 0) is 39.3 Å². The van der Waals surface area contributed by atoms with E-state index in [0.717, 1.165) is 117 Å². The van der Waals surface area contributed by atoms with E-state index < -0.39 is 0 Å². The lowest BCUT2D eigenvalue weighted by Gasteiger charge is -2.25. The van der Waals surface area contributed by atoms with Gasteiger partial charge in [-0.15, -0.1) is 102 Å². The highest BCUT2D eigenvalue weighted by Gasteiger charge is 2.18. The van der Waals surface area contributed by atoms with E-state index in [-0.39, 0.29) is 119 Å². The van der Waals surface area contributed by atoms with Crippen molar-refractivity contribution in [3.63, 3.8) is 0 Å². The highest BCUT2D eigenvalue weighted by molar-refractivity contribution is 8.93. The molecule has 0 spiro atoms. The Bertz CT molecular complexity index is 1710. The van der Waals surface area contributed by atoms with Gasteiger partial charge < -0.3 is 32.2 Å². The van der Waals surface area contributed by atoms with E-state index in [0.29, 0.717) is 0 Å². The average molecular weight is 1260 g/mol. The number of hydrogen-bond acceptors (Lipinski definition) is 6. The van der Waals surface area contributed by atoms with Crippen molar-refractivity contribution in [1.29, 1.82) is 0 Å². The maximum Gasteiger partial charge on any atom is 0.0339 e. The SMILES string of the molecule is Br.Br.Br.Br.Br.Br.O.O.c1ccc(C(c2ccc(CN3CCCNCc4cccc(c4)CNCCC3)cc2)c2ccc(CN3CCCNCc4cccc(c4)CNCCC3)cc2)cc1. The minimum Gasteiger partial charge on any atom is -0.412 e. The molecule has 352 valence electrons. The third kappa shape index (κ3) is 21.4. The Labute approximate surface area is 440 Å². The van der Waals surface area contributed by atoms with Gasteiger partial charge in [-0.2, -0.15) is 0 Å². The first-order valence-corrected chi connectivity index (χ1v) is 20.9. The first kappa shape index (κ1) is 63.7. The number of rotatable bonds is 7. The van der Waals surface area contributed by atoms with Crippen LogP contribution in [0.3, 0.4) is 0 Å². The topological polar surface area (TPSA) is 118 Å². The van der Waals surface area contributed by atoms with Gasteiger partial charge in [0, 0.05) is 45.2 Å². The summed E-state index contributed by atoms with van der Waals surface area (Å²) < 4.78 is 0. The lowest BCUT2D eigenvalue weighted by Crippen LogP contribution is -2.30. The molecular weight excluding hydrogens is 1180 g/mol. The smallest absolute Gasteiger partial charge is 0.0339 e. The van der Waals surface area contributed by atoms with Crippen molar-refractivity contribution in [2.45, 2.75) is 70.9 Å². The zero-order valence-corrected chi connectivity index (χ0v) is 46.6. The summed E-state index contributed by atoms with van der Waals surface area (Å²) in [6, 6.07) is 48.0. The molecule has 2 aliphatic rings. The molecule has 2 heterocycles. The summed E-state index contributed by atoms with van der Waals surface area (Å²) in [5.41, 5.74) is 12.3. The Balaban J connectivity index is 0. The molecule has 2 aliphatic heterocycles. The van der Waals surface area contributed by atoms with Crippen LogP contribution in [0.5, 0.6) is 0 Å². The fraction of sp³-hybridized carbons (Fsp3) is 0.388. The van der Waals surface area contributed by atoms with Gasteiger partial charge in [0.1, 0.15) is 0 Å². The quantitative estimate of drug-likeness (QED) is 0.121. The zero-order valence-electron chi connectivity index (χ0n) is 36.3. The molecule has 5 aromatic carbocycles. The van der Waals surface area contributed by atoms with Gasteiger partial charge in [0.25, 0.3) is 0 Å². The van der Waals surface area contributed by atoms with Gasteiger partial charge in [0.2, 0.25) is 0 Å². The predicted molar refractivity (Wildman–Crippen MR) is 298 cm³/mol. The van der Waals surface area contributed by atoms with E-state index >= 15 is 0 Å². The Morgan fingerprint density at radius 3 is 0.984 bits per heavy atom. The summed E-state index contributed by atoms with van der Waals surface area (Å²) >= 11 is 0. The van der Waals surface area contributed by atoms with Gasteiger partial charge in [-0.05, 0) is 128 Å². The number of benzene rings is 5. The second-order valence-electron chi connectivity index (χ2n) is 15.6. The summed E-state index contributed by atoms with van der Waals surface area (Å²) in [5, 5.41) is 14.7. The van der Waals surface area contributed by atoms with Crippen molar-refractivity contribution >= 4 is 102 Å². The Morgan fingerprint density at radius 2 is 0.667 bits per heavy atom. The number of hydrogen-bond donors (Lipinski definition) is 4. The Morgan fingerprint density at radius 1 is 0.365 bits per heavy atom. The van der Waals surface area contributed by atoms with E-state index in [1.165, 1.54) is 50.1 Å². The van der Waals surface area contributed by atoms with Crippen LogP contribution in [-0.4, -0.2) is 73.1 Å². The summed E-state index contributed by atoms with van der Waals surface area (Å²) in [7, 11) is 0. The van der Waals surface area contributed by atoms with E-state index in [4.69, 9.17) is 0 Å². The Hall–Kier alpha value is -1.34. The van der Waals surface area contributed by atoms with Crippen molar-refractivity contribution in [3.05, 3.63) is 177 Å². The van der Waals surface area contributed by atoms with Crippen molar-refractivity contribution < 1.29 is 11.0 Å². The van der Waals surface area contributed by atoms with Crippen molar-refractivity contribution in [2.75, 3.05) is 52.4 Å². The Kier molecular flexibility index (Phi) is 36.2. The third-order valence-electron chi connectivity index (χ3n) is 11.2. The summed E-state index contributed by atoms with van der Waals surface area (Å²) in [4.78, 5) is 5.28. The molecule has 4 bridgehead atoms. The van der Waals surface area contributed by atoms with Gasteiger partial charge in [0.15, 0.2) is 0 Å². The second kappa shape index (κ2) is 35.8. The monoisotopic (exact) mass is 1250 g/mol. The van der Waals surface area contributed by atoms with E-state index in [9.17, 15) is 0 Å². The highest BCUT2D eigenvalue weighted by atomic mass is 79.9. The molecule has 0 unspecified atom stereocenters. The van der Waals surface area contributed by atoms with Crippen molar-refractivity contribution in [3.8, 4) is 0 Å². The van der Waals surface area contributed by atoms with Crippen LogP contribution < -0.4 is 21.3 Å². The molecule has 0 saturated heterocycles. The first-order chi connectivity index (χ1) is 27.2. The van der Waals surface area contributed by atoms with Gasteiger partial charge in [-0.1, -0.05) is 127 Å². The van der Waals surface area contributed by atoms with Crippen LogP contribution in [0.1, 0.15) is 81.7 Å². The highest BCUT2D eigenvalue weighted by Crippen LogP contribution is 2.32. The molecule has 63 heavy (non-hydrogen) atoms. The largest absolute Gasteiger partial charge is 0.412 e. The molecule has 0 fully saturated rings. The molecule has 0 aromatic heterocycles. The van der Waals surface area contributed by atoms with Crippen molar-refractivity contribution in [2.24, 2.45) is 0 Å². The van der Waals surface area contributed by atoms with Crippen molar-refractivity contribution in [1.82, 2.24) is 31.1 Å². The number of nitrogens with zero attached hydrogens (tertiary/aromatic N) is 2. The maximum absolute atomic E-state index is 3.67. The van der Waals surface area contributed by atoms with Crippen LogP contribution >= 0.6 is 102 Å². The standard InChI is InChI=1S/C49H62N6.6BrH.2H2O/c1-2-14-46(15-3-1)49(47-20-16-40(17-21-47)38-54-28-6-24-50-34-42-10-4-11-43(32-42)35-51-25-7-29-54)48-22-18-41(19-23-48)39-55-30-8-26-52-36-44-12-5-13-45(33-44)37-53-27-9-31-55;;;;;;;;/h1-5,10-23,32-33,49-53H,6-9,24-31,34-39H2;6*1H;2*1H2. The number of nitrogens with one attached hydrogen (secondary N) is 4. The maximum atomic E-state index is 3.67. The molecule has 0 saturated carbocycles. The normalized spacial score (nSPS) is 15.4. The van der Waals surface area contributed by atoms with Gasteiger partial charge in [0.05, 0.1) is 0 Å². The summed E-state index contributed by atoms with van der Waals surface area (Å²) in [6.45, 7) is 14.3. The number of fused-ring (bicyclic) bond motifs is 4. The molecular formula is C49H72Br6N6O2. The fourth-order valence-electron chi connectivity index (χ4n) is 8.25. The van der Waals surface area contributed by atoms with Crippen LogP contribution in [0.2, 0.25) is 0 Å². The summed E-state index contributed by atoms with van der Waals surface area (Å²) in [6.07, 6.45) is 4.61. The second-order valence-corrected chi connectivity index (χ2v) is 15.6. The molecule has 14 heteroatoms. The van der Waals surface area contributed by atoms with Crippen LogP contribution in [0.15, 0.2) is 127 Å². The molecule has 7 rings (SSSR count). The van der Waals surface area contributed by atoms with Crippen LogP contribution in [0.4, 0.5) is 0 Å². The van der Waals surface area contributed by atoms with Gasteiger partial charge >= 0.3 is 0 Å². The molecule has 0 atom stereocenters. The molecule has 0 radical (unpaired) electrons. The van der Waals surface area contributed by atoms with Crippen LogP contribution in [0.25, 0.3) is 0 Å². The predicted octanol–water partition coefficient (Wildman–Crippen LogP) is 9.64. The molecule has 8 N–H and O–H groups in total. The lowest BCUT2D eigenvalue weighted by molar-refractivity contribution is 0.256. The van der Waals surface area contributed by atoms with E-state index in [2.05, 4.69) is 158 Å². The molecule has 5 aromatic rings. The molecule has 0 amide bonds. The molecule has 0 aliphatic carbocycles. The minimum atomic E-state index is 0. The van der Waals surface area contributed by atoms with Gasteiger partial charge in [-0.25, -0.2) is 0 Å². The first-order valence-electron chi connectivity index (χ1n) is 20.9.